The fourth-order valence-corrected chi connectivity index (χ4v) is 4.69. The van der Waals surface area contributed by atoms with Crippen LogP contribution in [0, 0.1) is 11.6 Å². The predicted molar refractivity (Wildman–Crippen MR) is 143 cm³/mol. The second kappa shape index (κ2) is 11.7. The SMILES string of the molecule is CCNC(=O)c1ccc(-c2cc3nnn(-c4cc(COC(=O)N5CCCCC5)ncc4CC)c3cn2)c(F)c1F. The number of benzene rings is 1. The predicted octanol–water partition coefficient (Wildman–Crippen LogP) is 4.59. The summed E-state index contributed by atoms with van der Waals surface area (Å²) < 4.78 is 36.7. The van der Waals surface area contributed by atoms with Crippen LogP contribution in [0.15, 0.2) is 36.7 Å². The minimum Gasteiger partial charge on any atom is -0.443 e. The quantitative estimate of drug-likeness (QED) is 0.359. The maximum atomic E-state index is 14.9. The highest BCUT2D eigenvalue weighted by Crippen LogP contribution is 2.28. The van der Waals surface area contributed by atoms with Crippen LogP contribution in [-0.4, -0.2) is 61.5 Å². The van der Waals surface area contributed by atoms with Crippen molar-refractivity contribution in [2.45, 2.75) is 46.1 Å². The van der Waals surface area contributed by atoms with Gasteiger partial charge in [0.15, 0.2) is 11.6 Å². The Balaban J connectivity index is 1.42. The largest absolute Gasteiger partial charge is 0.443 e. The Bertz CT molecular complexity index is 1570. The van der Waals surface area contributed by atoms with Crippen LogP contribution in [0.2, 0.25) is 0 Å². The number of rotatable bonds is 7. The Morgan fingerprint density at radius 3 is 2.58 bits per heavy atom. The van der Waals surface area contributed by atoms with Crippen molar-refractivity contribution in [3.63, 3.8) is 0 Å². The van der Waals surface area contributed by atoms with E-state index in [1.165, 1.54) is 24.4 Å². The smallest absolute Gasteiger partial charge is 0.410 e. The molecule has 1 aliphatic heterocycles. The molecular weight excluding hydrogens is 520 g/mol. The number of carbonyl (C=O) groups excluding carboxylic acids is 2. The lowest BCUT2D eigenvalue weighted by Gasteiger charge is -2.25. The first-order valence-corrected chi connectivity index (χ1v) is 13.3. The minimum absolute atomic E-state index is 0.0124. The Hall–Kier alpha value is -4.48. The lowest BCUT2D eigenvalue weighted by molar-refractivity contribution is 0.0883. The Kier molecular flexibility index (Phi) is 7.94. The maximum Gasteiger partial charge on any atom is 0.410 e. The van der Waals surface area contributed by atoms with E-state index >= 15 is 0 Å². The highest BCUT2D eigenvalue weighted by Gasteiger charge is 2.22. The van der Waals surface area contributed by atoms with E-state index in [9.17, 15) is 18.4 Å². The van der Waals surface area contributed by atoms with E-state index in [0.29, 0.717) is 41.9 Å². The van der Waals surface area contributed by atoms with Crippen LogP contribution < -0.4 is 5.32 Å². The molecule has 0 radical (unpaired) electrons. The molecule has 2 amide bonds. The van der Waals surface area contributed by atoms with Gasteiger partial charge in [0.25, 0.3) is 5.91 Å². The average molecular weight is 550 g/mol. The zero-order valence-electron chi connectivity index (χ0n) is 22.3. The van der Waals surface area contributed by atoms with Gasteiger partial charge < -0.3 is 15.0 Å². The molecule has 1 fully saturated rings. The number of aryl methyl sites for hydroxylation is 1. The summed E-state index contributed by atoms with van der Waals surface area (Å²) in [4.78, 5) is 34.9. The molecule has 0 atom stereocenters. The van der Waals surface area contributed by atoms with Gasteiger partial charge in [-0.25, -0.2) is 18.3 Å². The van der Waals surface area contributed by atoms with E-state index in [0.717, 1.165) is 24.8 Å². The summed E-state index contributed by atoms with van der Waals surface area (Å²) in [5, 5.41) is 11.0. The molecule has 1 aliphatic rings. The number of likely N-dealkylation sites (tertiary alicyclic amines) is 1. The number of amides is 2. The summed E-state index contributed by atoms with van der Waals surface area (Å²) in [7, 11) is 0. The van der Waals surface area contributed by atoms with Crippen LogP contribution in [0.5, 0.6) is 0 Å². The molecule has 208 valence electrons. The molecule has 10 nitrogen and oxygen atoms in total. The maximum absolute atomic E-state index is 14.9. The third-order valence-electron chi connectivity index (χ3n) is 6.86. The number of halogens is 2. The number of aromatic nitrogens is 5. The van der Waals surface area contributed by atoms with Crippen molar-refractivity contribution in [1.29, 1.82) is 0 Å². The number of carbonyl (C=O) groups is 2. The molecule has 1 aromatic carbocycles. The van der Waals surface area contributed by atoms with Gasteiger partial charge in [-0.1, -0.05) is 12.1 Å². The first-order chi connectivity index (χ1) is 19.4. The van der Waals surface area contributed by atoms with Crippen molar-refractivity contribution >= 4 is 23.0 Å². The van der Waals surface area contributed by atoms with Crippen LogP contribution in [0.1, 0.15) is 54.7 Å². The fourth-order valence-electron chi connectivity index (χ4n) is 4.69. The van der Waals surface area contributed by atoms with Crippen LogP contribution in [-0.2, 0) is 17.8 Å². The molecule has 1 N–H and O–H groups in total. The third-order valence-corrected chi connectivity index (χ3v) is 6.86. The molecule has 5 rings (SSSR count). The lowest BCUT2D eigenvalue weighted by atomic mass is 10.1. The van der Waals surface area contributed by atoms with Crippen molar-refractivity contribution in [3.8, 4) is 16.9 Å². The van der Waals surface area contributed by atoms with Crippen molar-refractivity contribution in [2.24, 2.45) is 0 Å². The van der Waals surface area contributed by atoms with E-state index in [-0.39, 0.29) is 36.1 Å². The number of piperidine rings is 1. The Labute approximate surface area is 229 Å². The van der Waals surface area contributed by atoms with Crippen molar-refractivity contribution in [3.05, 3.63) is 65.1 Å². The molecule has 4 aromatic rings. The zero-order valence-corrected chi connectivity index (χ0v) is 22.3. The van der Waals surface area contributed by atoms with Crippen molar-refractivity contribution in [2.75, 3.05) is 19.6 Å². The Morgan fingerprint density at radius 2 is 1.82 bits per heavy atom. The highest BCUT2D eigenvalue weighted by atomic mass is 19.2. The Morgan fingerprint density at radius 1 is 1.02 bits per heavy atom. The second-order valence-electron chi connectivity index (χ2n) is 9.47. The van der Waals surface area contributed by atoms with Gasteiger partial charge >= 0.3 is 6.09 Å². The van der Waals surface area contributed by atoms with Gasteiger partial charge in [-0.15, -0.1) is 5.10 Å². The molecule has 4 heterocycles. The summed E-state index contributed by atoms with van der Waals surface area (Å²) >= 11 is 0. The van der Waals surface area contributed by atoms with Gasteiger partial charge in [0.2, 0.25) is 0 Å². The number of hydrogen-bond acceptors (Lipinski definition) is 7. The molecule has 0 bridgehead atoms. The monoisotopic (exact) mass is 549 g/mol. The molecule has 12 heteroatoms. The number of fused-ring (bicyclic) bond motifs is 1. The zero-order chi connectivity index (χ0) is 28.2. The topological polar surface area (TPSA) is 115 Å². The van der Waals surface area contributed by atoms with Gasteiger partial charge in [0.05, 0.1) is 28.8 Å². The summed E-state index contributed by atoms with van der Waals surface area (Å²) in [6.07, 6.45) is 6.56. The first-order valence-electron chi connectivity index (χ1n) is 13.3. The van der Waals surface area contributed by atoms with Crippen LogP contribution in [0.25, 0.3) is 28.0 Å². The third kappa shape index (κ3) is 5.33. The van der Waals surface area contributed by atoms with Crippen LogP contribution in [0.4, 0.5) is 13.6 Å². The average Bonchev–Trinajstić information content (AvgIpc) is 3.41. The number of nitrogens with one attached hydrogen (secondary N) is 1. The number of nitrogens with zero attached hydrogens (tertiary/aromatic N) is 6. The van der Waals surface area contributed by atoms with E-state index < -0.39 is 17.5 Å². The normalized spacial score (nSPS) is 13.4. The van der Waals surface area contributed by atoms with Gasteiger partial charge in [-0.05, 0) is 62.4 Å². The number of hydrogen-bond donors (Lipinski definition) is 1. The second-order valence-corrected chi connectivity index (χ2v) is 9.47. The number of ether oxygens (including phenoxy) is 1. The number of pyridine rings is 2. The highest BCUT2D eigenvalue weighted by molar-refractivity contribution is 5.95. The van der Waals surface area contributed by atoms with Crippen molar-refractivity contribution < 1.29 is 23.1 Å². The van der Waals surface area contributed by atoms with E-state index in [1.54, 1.807) is 28.8 Å². The molecule has 40 heavy (non-hydrogen) atoms. The standard InChI is InChI=1S/C28H29F2N7O3/c1-3-17-14-32-18(16-40-28(39)36-10-6-5-7-11-36)12-23(17)37-24-15-33-21(13-22(24)34-35-37)19-8-9-20(26(30)25(19)29)27(38)31-4-2/h8-9,12-15H,3-7,10-11,16H2,1-2H3,(H,31,38). The van der Waals surface area contributed by atoms with Crippen molar-refractivity contribution in [1.82, 2.24) is 35.2 Å². The molecule has 3 aromatic heterocycles. The minimum atomic E-state index is -1.24. The molecule has 0 aliphatic carbocycles. The summed E-state index contributed by atoms with van der Waals surface area (Å²) in [6.45, 7) is 5.36. The first kappa shape index (κ1) is 27.1. The fraction of sp³-hybridized carbons (Fsp3) is 0.357. The molecule has 0 unspecified atom stereocenters. The van der Waals surface area contributed by atoms with Crippen LogP contribution in [0.3, 0.4) is 0 Å². The molecule has 1 saturated heterocycles. The lowest BCUT2D eigenvalue weighted by Crippen LogP contribution is -2.35. The van der Waals surface area contributed by atoms with Gasteiger partial charge in [-0.3, -0.25) is 14.8 Å². The van der Waals surface area contributed by atoms with Gasteiger partial charge in [-0.2, -0.15) is 0 Å². The van der Waals surface area contributed by atoms with E-state index in [4.69, 9.17) is 4.74 Å². The summed E-state index contributed by atoms with van der Waals surface area (Å²) in [5.41, 5.74) is 2.76. The summed E-state index contributed by atoms with van der Waals surface area (Å²) in [5.74, 6) is -3.11. The van der Waals surface area contributed by atoms with Gasteiger partial charge in [0.1, 0.15) is 17.6 Å². The van der Waals surface area contributed by atoms with Gasteiger partial charge in [0, 0.05) is 31.4 Å². The van der Waals surface area contributed by atoms with E-state index in [2.05, 4.69) is 25.6 Å². The molecular formula is C28H29F2N7O3. The van der Waals surface area contributed by atoms with E-state index in [1.807, 2.05) is 6.92 Å². The molecule has 0 saturated carbocycles. The summed E-state index contributed by atoms with van der Waals surface area (Å²) in [6, 6.07) is 5.85. The van der Waals surface area contributed by atoms with Crippen LogP contribution >= 0.6 is 0 Å². The molecule has 0 spiro atoms.